The number of benzene rings is 4. The summed E-state index contributed by atoms with van der Waals surface area (Å²) in [4.78, 5) is 133. The number of carboxylic acid groups (broad SMARTS) is 4. The SMILES string of the molecule is CCNC(=O)c1nnc(-c2cc(C(C)C)c(O)cc2O)n1-c1ccc(CN2CCN(C(=O)CC[C@H](NC(=O)CC[C@H](C(=O)O)N3CCN(CC(=O)O)CCN(CC(=O)O)CCN(CC(=O)O)CC3)C(=O)N3CCN(Cc4ccc(-n5c(C(=O)NCC)nnc5-c5cc(C(C)C)c(O)cc5O)cc4)CC3)CC2)cc1.[Lu]. The fraction of sp³-hybridized carbons (Fsp3) is 0.500. The largest absolute Gasteiger partial charge is 0.508 e. The molecular weight excluding hydrogens is 1570 g/mol. The Bertz CT molecular complexity index is 4150. The summed E-state index contributed by atoms with van der Waals surface area (Å²) in [7, 11) is 0. The van der Waals surface area contributed by atoms with Crippen LogP contribution >= 0.6 is 0 Å². The zero-order valence-electron chi connectivity index (χ0n) is 62.1. The normalized spacial score (nSPS) is 16.2. The van der Waals surface area contributed by atoms with Crippen molar-refractivity contribution >= 4 is 53.4 Å². The summed E-state index contributed by atoms with van der Waals surface area (Å²) in [5.41, 5.74) is 4.51. The number of phenols is 4. The van der Waals surface area contributed by atoms with E-state index < -0.39 is 79.1 Å². The minimum absolute atomic E-state index is 0. The number of carboxylic acids is 4. The number of rotatable bonds is 30. The third-order valence-corrected chi connectivity index (χ3v) is 19.6. The molecule has 0 spiro atoms. The van der Waals surface area contributed by atoms with Crippen LogP contribution in [0.5, 0.6) is 23.0 Å². The summed E-state index contributed by atoms with van der Waals surface area (Å²) in [6.07, 6.45) is -0.892. The van der Waals surface area contributed by atoms with E-state index in [-0.39, 0.29) is 203 Å². The summed E-state index contributed by atoms with van der Waals surface area (Å²) >= 11 is 0. The molecule has 3 saturated heterocycles. The van der Waals surface area contributed by atoms with Gasteiger partial charge in [-0.2, -0.15) is 0 Å². The van der Waals surface area contributed by atoms with Crippen LogP contribution < -0.4 is 16.0 Å². The van der Waals surface area contributed by atoms with Gasteiger partial charge in [-0.05, 0) is 97.2 Å². The Labute approximate surface area is 660 Å². The van der Waals surface area contributed by atoms with E-state index in [1.54, 1.807) is 72.1 Å². The van der Waals surface area contributed by atoms with Gasteiger partial charge < -0.3 is 66.6 Å². The van der Waals surface area contributed by atoms with Crippen molar-refractivity contribution in [1.82, 2.24) is 84.7 Å². The monoisotopic (exact) mass is 1670 g/mol. The molecule has 2 aromatic heterocycles. The first kappa shape index (κ1) is 85.2. The standard InChI is InChI=1S/C74H99N17O17.Lu/c1-7-75-71(104)69-80-78-67(54-37-52(46(3)4)58(92)39-60(54)94)90(69)50-13-9-48(10-14-50)41-82-27-33-88(34-28-82)63(97)20-17-56(77-62(96)19-18-57(74(107)108)87-31-25-85(44-65(100)101)23-21-84(43-64(98)99)22-24-86(26-32-87)45-66(102)103)73(106)89-35-29-83(30-36-89)42-49-11-15-51(16-12-49)91-68(79-81-70(91)72(105)76-8-2)55-38-53(47(5)6)59(93)40-61(55)95;/h9-16,37-40,46-47,56-57,92-95H,7-8,17-36,41-45H2,1-6H3,(H,75,104)(H,76,105)(H,77,96)(H,98,99)(H,100,101)(H,102,103)(H,107,108);/t56-,57+;/m0./s1. The summed E-state index contributed by atoms with van der Waals surface area (Å²) in [5, 5.41) is 109. The van der Waals surface area contributed by atoms with Gasteiger partial charge >= 0.3 is 23.9 Å². The van der Waals surface area contributed by atoms with Crippen molar-refractivity contribution < 1.29 is 121 Å². The van der Waals surface area contributed by atoms with Crippen molar-refractivity contribution in [2.75, 3.05) is 137 Å². The van der Waals surface area contributed by atoms with E-state index in [2.05, 4.69) is 46.1 Å². The molecule has 109 heavy (non-hydrogen) atoms. The molecule has 3 fully saturated rings. The van der Waals surface area contributed by atoms with Crippen LogP contribution in [0.25, 0.3) is 34.2 Å². The van der Waals surface area contributed by atoms with Gasteiger partial charge in [0, 0.05) is 204 Å². The average molecular weight is 1670 g/mol. The third-order valence-electron chi connectivity index (χ3n) is 19.6. The molecular formula is C74H99LuN17O17. The van der Waals surface area contributed by atoms with Crippen molar-refractivity contribution in [2.45, 2.75) is 104 Å². The van der Waals surface area contributed by atoms with Gasteiger partial charge in [-0.3, -0.25) is 81.7 Å². The summed E-state index contributed by atoms with van der Waals surface area (Å²) in [6.45, 7) is 14.9. The van der Waals surface area contributed by atoms with E-state index >= 15 is 0 Å². The molecule has 4 aromatic carbocycles. The van der Waals surface area contributed by atoms with Gasteiger partial charge in [-0.1, -0.05) is 52.0 Å². The molecule has 3 aliphatic heterocycles. The number of piperazine rings is 2. The molecule has 0 saturated carbocycles. The van der Waals surface area contributed by atoms with Crippen molar-refractivity contribution in [1.29, 1.82) is 0 Å². The minimum atomic E-state index is -1.34. The Morgan fingerprint density at radius 3 is 1.19 bits per heavy atom. The Morgan fingerprint density at radius 1 is 0.450 bits per heavy atom. The second kappa shape index (κ2) is 39.8. The van der Waals surface area contributed by atoms with E-state index in [1.165, 1.54) is 16.7 Å². The van der Waals surface area contributed by atoms with E-state index in [0.29, 0.717) is 87.9 Å². The van der Waals surface area contributed by atoms with Gasteiger partial charge in [-0.25, -0.2) is 0 Å². The second-order valence-corrected chi connectivity index (χ2v) is 27.9. The molecule has 0 bridgehead atoms. The number of hydrogen-bond donors (Lipinski definition) is 11. The molecule has 11 N–H and O–H groups in total. The maximum atomic E-state index is 14.9. The molecule has 9 rings (SSSR count). The van der Waals surface area contributed by atoms with Crippen LogP contribution in [0.15, 0.2) is 72.8 Å². The van der Waals surface area contributed by atoms with Crippen molar-refractivity contribution in [3.63, 3.8) is 0 Å². The maximum Gasteiger partial charge on any atom is 0.320 e. The third kappa shape index (κ3) is 22.9. The number of nitrogens with zero attached hydrogens (tertiary/aromatic N) is 14. The van der Waals surface area contributed by atoms with Crippen LogP contribution in [0.4, 0.5) is 0 Å². The van der Waals surface area contributed by atoms with Gasteiger partial charge in [0.05, 0.1) is 30.8 Å². The Morgan fingerprint density at radius 2 is 0.826 bits per heavy atom. The molecule has 0 aliphatic carbocycles. The molecule has 35 heteroatoms. The molecule has 0 unspecified atom stereocenters. The predicted molar refractivity (Wildman–Crippen MR) is 394 cm³/mol. The summed E-state index contributed by atoms with van der Waals surface area (Å²) in [5.74, 6) is -7.65. The van der Waals surface area contributed by atoms with Crippen LogP contribution in [-0.2, 0) is 46.7 Å². The van der Waals surface area contributed by atoms with Crippen LogP contribution in [-0.4, -0.2) is 313 Å². The van der Waals surface area contributed by atoms with Crippen molar-refractivity contribution in [3.05, 3.63) is 107 Å². The molecule has 1 radical (unpaired) electrons. The Kier molecular flexibility index (Phi) is 31.1. The number of phenolic OH excluding ortho intramolecular Hbond substituents is 4. The maximum absolute atomic E-state index is 14.9. The topological polar surface area (TPSA) is 439 Å². The van der Waals surface area contributed by atoms with Crippen LogP contribution in [0.1, 0.15) is 123 Å². The fourth-order valence-corrected chi connectivity index (χ4v) is 13.8. The number of carbonyl (C=O) groups is 9. The van der Waals surface area contributed by atoms with Crippen LogP contribution in [0.3, 0.4) is 0 Å². The smallest absolute Gasteiger partial charge is 0.320 e. The molecule has 6 aromatic rings. The Hall–Kier alpha value is -9.42. The van der Waals surface area contributed by atoms with E-state index in [0.717, 1.165) is 11.1 Å². The zero-order chi connectivity index (χ0) is 78.0. The number of aromatic hydroxyl groups is 4. The van der Waals surface area contributed by atoms with Gasteiger partial charge in [0.15, 0.2) is 11.6 Å². The fourth-order valence-electron chi connectivity index (χ4n) is 13.8. The van der Waals surface area contributed by atoms with E-state index in [9.17, 15) is 84.0 Å². The quantitative estimate of drug-likeness (QED) is 0.0309. The van der Waals surface area contributed by atoms with E-state index in [4.69, 9.17) is 0 Å². The van der Waals surface area contributed by atoms with Crippen LogP contribution in [0, 0.1) is 36.9 Å². The van der Waals surface area contributed by atoms with Gasteiger partial charge in [0.1, 0.15) is 35.1 Å². The minimum Gasteiger partial charge on any atom is -0.508 e. The molecule has 3 aliphatic rings. The summed E-state index contributed by atoms with van der Waals surface area (Å²) in [6, 6.07) is 18.0. The number of aliphatic carboxylic acids is 4. The number of hydrogen-bond acceptors (Lipinski definition) is 23. The molecule has 34 nitrogen and oxygen atoms in total. The first-order valence-corrected chi connectivity index (χ1v) is 36.5. The number of aromatic nitrogens is 6. The molecule has 5 heterocycles. The summed E-state index contributed by atoms with van der Waals surface area (Å²) < 4.78 is 3.09. The molecule has 597 valence electrons. The number of nitrogens with one attached hydrogen (secondary N) is 3. The zero-order valence-corrected chi connectivity index (χ0v) is 63.8. The Balaban J connectivity index is 0.0000150. The van der Waals surface area contributed by atoms with Crippen molar-refractivity contribution in [2.24, 2.45) is 0 Å². The van der Waals surface area contributed by atoms with Crippen LogP contribution in [0.2, 0.25) is 0 Å². The average Bonchev–Trinajstić information content (AvgIpc) is 1.72. The first-order chi connectivity index (χ1) is 51.6. The van der Waals surface area contributed by atoms with E-state index in [1.807, 2.05) is 64.1 Å². The number of amides is 5. The van der Waals surface area contributed by atoms with Gasteiger partial charge in [-0.15, -0.1) is 20.4 Å². The van der Waals surface area contributed by atoms with Crippen molar-refractivity contribution in [3.8, 4) is 57.1 Å². The van der Waals surface area contributed by atoms with Gasteiger partial charge in [0.2, 0.25) is 29.4 Å². The molecule has 2 atom stereocenters. The predicted octanol–water partition coefficient (Wildman–Crippen LogP) is 2.71. The first-order valence-electron chi connectivity index (χ1n) is 36.5. The van der Waals surface area contributed by atoms with Gasteiger partial charge in [0.25, 0.3) is 11.8 Å². The number of carbonyl (C=O) groups excluding carboxylic acids is 5. The second-order valence-electron chi connectivity index (χ2n) is 27.9. The molecule has 5 amide bonds.